The quantitative estimate of drug-likeness (QED) is 0.163. The summed E-state index contributed by atoms with van der Waals surface area (Å²) in [5.41, 5.74) is 17.3. The van der Waals surface area contributed by atoms with E-state index in [0.717, 1.165) is 56.4 Å². The fraction of sp³-hybridized carbons (Fsp3) is 0.0741. The van der Waals surface area contributed by atoms with Crippen LogP contribution in [0.3, 0.4) is 0 Å². The van der Waals surface area contributed by atoms with Crippen LogP contribution in [0.25, 0.3) is 55.0 Å². The van der Waals surface area contributed by atoms with Gasteiger partial charge in [0.2, 0.25) is 5.88 Å². The highest BCUT2D eigenvalue weighted by atomic mass is 16.4. The van der Waals surface area contributed by atoms with Gasteiger partial charge < -0.3 is 13.8 Å². The zero-order chi connectivity index (χ0) is 39.4. The van der Waals surface area contributed by atoms with Gasteiger partial charge in [-0.25, -0.2) is 0 Å². The van der Waals surface area contributed by atoms with Gasteiger partial charge in [-0.05, 0) is 88.2 Å². The lowest BCUT2D eigenvalue weighted by Gasteiger charge is -2.40. The topological polar surface area (TPSA) is 24.6 Å². The Morgan fingerprint density at radius 2 is 1.14 bits per heavy atom. The molecule has 8 aromatic carbocycles. The molecule has 2 aliphatic heterocycles. The molecule has 2 aliphatic rings. The van der Waals surface area contributed by atoms with Crippen LogP contribution < -0.4 is 20.7 Å². The van der Waals surface area contributed by atoms with Crippen molar-refractivity contribution in [3.05, 3.63) is 194 Å². The zero-order valence-electron chi connectivity index (χ0n) is 33.2. The van der Waals surface area contributed by atoms with E-state index < -0.39 is 0 Å². The molecule has 0 atom stereocenters. The third kappa shape index (κ3) is 4.98. The molecule has 2 aromatic heterocycles. The molecular weight excluding hydrogens is 717 g/mol. The number of benzene rings is 8. The molecule has 12 rings (SSSR count). The highest BCUT2D eigenvalue weighted by Gasteiger charge is 2.46. The zero-order valence-corrected chi connectivity index (χ0v) is 33.2. The van der Waals surface area contributed by atoms with E-state index in [2.05, 4.69) is 223 Å². The Balaban J connectivity index is 1.26. The van der Waals surface area contributed by atoms with E-state index in [-0.39, 0.29) is 12.3 Å². The number of para-hydroxylation sites is 5. The predicted molar refractivity (Wildman–Crippen MR) is 249 cm³/mol. The first kappa shape index (κ1) is 33.9. The Morgan fingerprint density at radius 3 is 1.86 bits per heavy atom. The van der Waals surface area contributed by atoms with Crippen molar-refractivity contribution < 1.29 is 4.42 Å². The lowest BCUT2D eigenvalue weighted by molar-refractivity contribution is 0.590. The maximum Gasteiger partial charge on any atom is 0.337 e. The van der Waals surface area contributed by atoms with Crippen molar-refractivity contribution in [2.45, 2.75) is 26.2 Å². The molecule has 10 aromatic rings. The van der Waals surface area contributed by atoms with Crippen LogP contribution in [0.15, 0.2) is 192 Å². The minimum Gasteiger partial charge on any atom is -0.440 e. The van der Waals surface area contributed by atoms with Crippen molar-refractivity contribution in [3.8, 4) is 22.3 Å². The molecule has 0 aliphatic carbocycles. The number of furan rings is 1. The van der Waals surface area contributed by atoms with Crippen molar-refractivity contribution >= 4 is 84.9 Å². The van der Waals surface area contributed by atoms with Gasteiger partial charge in [0, 0.05) is 66.5 Å². The smallest absolute Gasteiger partial charge is 0.337 e. The highest BCUT2D eigenvalue weighted by molar-refractivity contribution is 6.91. The van der Waals surface area contributed by atoms with E-state index in [0.29, 0.717) is 0 Å². The molecule has 59 heavy (non-hydrogen) atoms. The van der Waals surface area contributed by atoms with Crippen molar-refractivity contribution in [3.63, 3.8) is 0 Å². The largest absolute Gasteiger partial charge is 0.440 e. The number of hydrogen-bond donors (Lipinski definition) is 0. The molecule has 4 nitrogen and oxygen atoms in total. The third-order valence-electron chi connectivity index (χ3n) is 12.5. The van der Waals surface area contributed by atoms with Crippen LogP contribution in [0.2, 0.25) is 0 Å². The van der Waals surface area contributed by atoms with E-state index >= 15 is 0 Å². The molecule has 0 unspecified atom stereocenters. The van der Waals surface area contributed by atoms with E-state index in [9.17, 15) is 0 Å². The Hall–Kier alpha value is -7.24. The van der Waals surface area contributed by atoms with E-state index in [1.165, 1.54) is 49.4 Å². The Morgan fingerprint density at radius 1 is 0.492 bits per heavy atom. The molecule has 0 bridgehead atoms. The SMILES string of the molecule is CC(C)(C)c1ccc(N2c3cc(N(c4ccccc4)c4ccccc4)cc4c3B(c3c2oc2ccccc32)n2c3ccccc3c3cccc-4c32)c(-c2ccccc2)c1. The molecule has 0 saturated carbocycles. The second-order valence-corrected chi connectivity index (χ2v) is 16.9. The van der Waals surface area contributed by atoms with Crippen LogP contribution in [-0.4, -0.2) is 11.3 Å². The third-order valence-corrected chi connectivity index (χ3v) is 12.5. The van der Waals surface area contributed by atoms with Crippen molar-refractivity contribution in [2.75, 3.05) is 9.80 Å². The van der Waals surface area contributed by atoms with Gasteiger partial charge >= 0.3 is 6.85 Å². The number of hydrogen-bond acceptors (Lipinski definition) is 3. The van der Waals surface area contributed by atoms with Crippen LogP contribution >= 0.6 is 0 Å². The van der Waals surface area contributed by atoms with Gasteiger partial charge in [0.1, 0.15) is 5.58 Å². The number of rotatable bonds is 5. The average Bonchev–Trinajstić information content (AvgIpc) is 3.83. The van der Waals surface area contributed by atoms with Gasteiger partial charge in [0.25, 0.3) is 0 Å². The standard InChI is InChI=1S/C54H40BN3O/c1-54(2,3)36-30-31-46(44(32-36)35-18-7-4-8-19-35)57-48-34-39(56(37-20-9-5-10-21-37)38-22-11-6-12-23-38)33-45-42-27-17-26-41-40-24-13-15-28-47(40)58(52(41)42)55(50(45)48)51-43-25-14-16-29-49(43)59-53(51)57/h4-34H,1-3H3. The maximum absolute atomic E-state index is 7.24. The Kier molecular flexibility index (Phi) is 7.25. The maximum atomic E-state index is 7.24. The molecule has 0 N–H and O–H groups in total. The summed E-state index contributed by atoms with van der Waals surface area (Å²) in [5.74, 6) is 0.851. The molecule has 4 heterocycles. The second kappa shape index (κ2) is 12.6. The first-order chi connectivity index (χ1) is 28.9. The molecule has 280 valence electrons. The van der Waals surface area contributed by atoms with Gasteiger partial charge in [-0.15, -0.1) is 0 Å². The van der Waals surface area contributed by atoms with Crippen LogP contribution in [0.4, 0.5) is 34.3 Å². The van der Waals surface area contributed by atoms with Gasteiger partial charge in [-0.1, -0.05) is 148 Å². The van der Waals surface area contributed by atoms with Crippen LogP contribution in [0.5, 0.6) is 0 Å². The lowest BCUT2D eigenvalue weighted by atomic mass is 9.45. The molecule has 0 amide bonds. The Bertz CT molecular complexity index is 3230. The van der Waals surface area contributed by atoms with Crippen LogP contribution in [-0.2, 0) is 5.41 Å². The minimum atomic E-state index is -0.142. The van der Waals surface area contributed by atoms with E-state index in [4.69, 9.17) is 4.42 Å². The summed E-state index contributed by atoms with van der Waals surface area (Å²) in [6, 6.07) is 68.5. The molecule has 0 spiro atoms. The molecule has 5 heteroatoms. The summed E-state index contributed by atoms with van der Waals surface area (Å²) in [4.78, 5) is 4.83. The number of anilines is 6. The van der Waals surface area contributed by atoms with E-state index in [1.54, 1.807) is 0 Å². The summed E-state index contributed by atoms with van der Waals surface area (Å²) < 4.78 is 9.85. The van der Waals surface area contributed by atoms with Gasteiger partial charge in [-0.2, -0.15) is 0 Å². The predicted octanol–water partition coefficient (Wildman–Crippen LogP) is 13.4. The van der Waals surface area contributed by atoms with Gasteiger partial charge in [-0.3, -0.25) is 4.90 Å². The fourth-order valence-corrected chi connectivity index (χ4v) is 9.87. The van der Waals surface area contributed by atoms with Crippen molar-refractivity contribution in [2.24, 2.45) is 0 Å². The Labute approximate surface area is 344 Å². The molecule has 0 fully saturated rings. The summed E-state index contributed by atoms with van der Waals surface area (Å²) in [7, 11) is 0. The normalized spacial score (nSPS) is 12.9. The fourth-order valence-electron chi connectivity index (χ4n) is 9.87. The highest BCUT2D eigenvalue weighted by Crippen LogP contribution is 2.51. The first-order valence-corrected chi connectivity index (χ1v) is 20.6. The van der Waals surface area contributed by atoms with Crippen molar-refractivity contribution in [1.82, 2.24) is 4.48 Å². The number of fused-ring (bicyclic) bond motifs is 9. The van der Waals surface area contributed by atoms with Crippen LogP contribution in [0, 0.1) is 0 Å². The molecular formula is C54H40BN3O. The lowest BCUT2D eigenvalue weighted by Crippen LogP contribution is -2.56. The summed E-state index contributed by atoms with van der Waals surface area (Å²) in [5, 5.41) is 3.65. The second-order valence-electron chi connectivity index (χ2n) is 16.9. The van der Waals surface area contributed by atoms with E-state index in [1.807, 2.05) is 0 Å². The number of aromatic nitrogens is 1. The summed E-state index contributed by atoms with van der Waals surface area (Å²) in [6.45, 7) is 6.74. The van der Waals surface area contributed by atoms with Gasteiger partial charge in [0.15, 0.2) is 0 Å². The van der Waals surface area contributed by atoms with Crippen molar-refractivity contribution in [1.29, 1.82) is 0 Å². The molecule has 0 saturated heterocycles. The first-order valence-electron chi connectivity index (χ1n) is 20.6. The minimum absolute atomic E-state index is 0.0465. The van der Waals surface area contributed by atoms with Gasteiger partial charge in [0.05, 0.1) is 5.69 Å². The summed E-state index contributed by atoms with van der Waals surface area (Å²) >= 11 is 0. The average molecular weight is 758 g/mol. The van der Waals surface area contributed by atoms with Crippen LogP contribution in [0.1, 0.15) is 26.3 Å². The monoisotopic (exact) mass is 757 g/mol. The number of nitrogens with zero attached hydrogens (tertiary/aromatic N) is 3. The molecule has 0 radical (unpaired) electrons. The summed E-state index contributed by atoms with van der Waals surface area (Å²) in [6.07, 6.45) is 0.